The lowest BCUT2D eigenvalue weighted by molar-refractivity contribution is 0.163. The van der Waals surface area contributed by atoms with Gasteiger partial charge in [-0.25, -0.2) is 4.68 Å². The number of aromatic nitrogens is 2. The van der Waals surface area contributed by atoms with E-state index in [1.54, 1.807) is 0 Å². The Kier molecular flexibility index (Phi) is 4.52. The molecule has 1 aliphatic rings. The van der Waals surface area contributed by atoms with E-state index in [-0.39, 0.29) is 21.6 Å². The van der Waals surface area contributed by atoms with E-state index in [9.17, 15) is 4.79 Å². The zero-order chi connectivity index (χ0) is 15.7. The SMILES string of the molecule is CN(Cn1ncc(Cl)c(Cl)c1=O)C1CCCc2ccccc21. The van der Waals surface area contributed by atoms with Gasteiger partial charge in [-0.3, -0.25) is 9.69 Å². The molecule has 0 N–H and O–H groups in total. The van der Waals surface area contributed by atoms with Gasteiger partial charge in [0.05, 0.1) is 17.9 Å². The molecule has 22 heavy (non-hydrogen) atoms. The summed E-state index contributed by atoms with van der Waals surface area (Å²) in [5.74, 6) is 0. The van der Waals surface area contributed by atoms with Crippen molar-refractivity contribution < 1.29 is 0 Å². The van der Waals surface area contributed by atoms with Crippen LogP contribution in [0.2, 0.25) is 10.0 Å². The smallest absolute Gasteiger partial charge is 0.280 e. The summed E-state index contributed by atoms with van der Waals surface area (Å²) >= 11 is 11.7. The fourth-order valence-electron chi connectivity index (χ4n) is 3.04. The van der Waals surface area contributed by atoms with Crippen molar-refractivity contribution in [2.45, 2.75) is 32.0 Å². The molecule has 1 atom stereocenters. The third-order valence-corrected chi connectivity index (χ3v) is 4.92. The Morgan fingerprint density at radius 1 is 1.36 bits per heavy atom. The standard InChI is InChI=1S/C16H17Cl2N3O/c1-20(10-21-16(22)15(18)13(17)9-19-21)14-8-4-6-11-5-2-3-7-12(11)14/h2-3,5,7,9,14H,4,6,8,10H2,1H3. The quantitative estimate of drug-likeness (QED) is 0.859. The van der Waals surface area contributed by atoms with Crippen LogP contribution in [0.4, 0.5) is 0 Å². The second-order valence-electron chi connectivity index (χ2n) is 5.62. The molecule has 0 spiro atoms. The number of benzene rings is 1. The molecule has 0 amide bonds. The van der Waals surface area contributed by atoms with Crippen molar-refractivity contribution in [1.82, 2.24) is 14.7 Å². The zero-order valence-electron chi connectivity index (χ0n) is 12.3. The van der Waals surface area contributed by atoms with Gasteiger partial charge < -0.3 is 0 Å². The molecule has 1 aromatic heterocycles. The van der Waals surface area contributed by atoms with E-state index in [1.807, 2.05) is 7.05 Å². The van der Waals surface area contributed by atoms with Gasteiger partial charge in [0.2, 0.25) is 0 Å². The van der Waals surface area contributed by atoms with Crippen molar-refractivity contribution >= 4 is 23.2 Å². The molecule has 0 bridgehead atoms. The second-order valence-corrected chi connectivity index (χ2v) is 6.40. The fourth-order valence-corrected chi connectivity index (χ4v) is 3.31. The molecular formula is C16H17Cl2N3O. The zero-order valence-corrected chi connectivity index (χ0v) is 13.8. The number of nitrogens with zero attached hydrogens (tertiary/aromatic N) is 3. The van der Waals surface area contributed by atoms with Gasteiger partial charge in [0.1, 0.15) is 5.02 Å². The highest BCUT2D eigenvalue weighted by Gasteiger charge is 2.24. The summed E-state index contributed by atoms with van der Waals surface area (Å²) in [5, 5.41) is 4.29. The van der Waals surface area contributed by atoms with E-state index in [4.69, 9.17) is 23.2 Å². The average molecular weight is 338 g/mol. The molecule has 2 aromatic rings. The summed E-state index contributed by atoms with van der Waals surface area (Å²) in [6.07, 6.45) is 4.75. The van der Waals surface area contributed by atoms with E-state index < -0.39 is 0 Å². The maximum absolute atomic E-state index is 12.1. The summed E-state index contributed by atoms with van der Waals surface area (Å²) in [7, 11) is 2.00. The third-order valence-electron chi connectivity index (χ3n) is 4.17. The van der Waals surface area contributed by atoms with Crippen LogP contribution in [0.15, 0.2) is 35.3 Å². The molecule has 3 rings (SSSR count). The van der Waals surface area contributed by atoms with E-state index in [0.717, 1.165) is 19.3 Å². The monoisotopic (exact) mass is 337 g/mol. The Labute approximate surface area is 139 Å². The normalized spacial score (nSPS) is 17.5. The number of hydrogen-bond acceptors (Lipinski definition) is 3. The van der Waals surface area contributed by atoms with Gasteiger partial charge in [-0.05, 0) is 37.4 Å². The van der Waals surface area contributed by atoms with Crippen molar-refractivity contribution in [3.8, 4) is 0 Å². The lowest BCUT2D eigenvalue weighted by Crippen LogP contribution is -2.35. The summed E-state index contributed by atoms with van der Waals surface area (Å²) in [6, 6.07) is 8.77. The Balaban J connectivity index is 1.86. The Hall–Kier alpha value is -1.36. The highest BCUT2D eigenvalue weighted by Crippen LogP contribution is 2.33. The van der Waals surface area contributed by atoms with Gasteiger partial charge in [-0.2, -0.15) is 5.10 Å². The predicted molar refractivity (Wildman–Crippen MR) is 88.4 cm³/mol. The van der Waals surface area contributed by atoms with E-state index in [0.29, 0.717) is 6.67 Å². The van der Waals surface area contributed by atoms with Crippen LogP contribution >= 0.6 is 23.2 Å². The fraction of sp³-hybridized carbons (Fsp3) is 0.375. The number of rotatable bonds is 3. The molecule has 4 nitrogen and oxygen atoms in total. The Bertz CT molecular complexity index is 744. The lowest BCUT2D eigenvalue weighted by atomic mass is 9.87. The van der Waals surface area contributed by atoms with E-state index in [2.05, 4.69) is 34.3 Å². The highest BCUT2D eigenvalue weighted by atomic mass is 35.5. The number of aryl methyl sites for hydroxylation is 1. The van der Waals surface area contributed by atoms with Gasteiger partial charge in [0.15, 0.2) is 0 Å². The predicted octanol–water partition coefficient (Wildman–Crippen LogP) is 3.52. The van der Waals surface area contributed by atoms with E-state index in [1.165, 1.54) is 22.0 Å². The van der Waals surface area contributed by atoms with Crippen LogP contribution in [0.5, 0.6) is 0 Å². The molecule has 0 aliphatic heterocycles. The van der Waals surface area contributed by atoms with Crippen LogP contribution in [0.25, 0.3) is 0 Å². The van der Waals surface area contributed by atoms with Crippen molar-refractivity contribution in [1.29, 1.82) is 0 Å². The highest BCUT2D eigenvalue weighted by molar-refractivity contribution is 6.41. The molecular weight excluding hydrogens is 321 g/mol. The van der Waals surface area contributed by atoms with Crippen molar-refractivity contribution in [3.05, 3.63) is 62.0 Å². The maximum Gasteiger partial charge on any atom is 0.288 e. The van der Waals surface area contributed by atoms with Gasteiger partial charge in [-0.15, -0.1) is 0 Å². The van der Waals surface area contributed by atoms with E-state index >= 15 is 0 Å². The van der Waals surface area contributed by atoms with Crippen LogP contribution in [0, 0.1) is 0 Å². The minimum Gasteiger partial charge on any atom is -0.280 e. The first-order valence-electron chi connectivity index (χ1n) is 7.27. The first-order chi connectivity index (χ1) is 10.6. The topological polar surface area (TPSA) is 38.1 Å². The summed E-state index contributed by atoms with van der Waals surface area (Å²) in [6.45, 7) is 0.384. The average Bonchev–Trinajstić information content (AvgIpc) is 2.55. The molecule has 1 unspecified atom stereocenters. The largest absolute Gasteiger partial charge is 0.288 e. The molecule has 6 heteroatoms. The molecule has 1 heterocycles. The molecule has 0 saturated carbocycles. The number of fused-ring (bicyclic) bond motifs is 1. The Morgan fingerprint density at radius 3 is 2.95 bits per heavy atom. The molecule has 116 valence electrons. The van der Waals surface area contributed by atoms with Crippen molar-refractivity contribution in [3.63, 3.8) is 0 Å². The van der Waals surface area contributed by atoms with Crippen LogP contribution < -0.4 is 5.56 Å². The second kappa shape index (κ2) is 6.41. The number of hydrogen-bond donors (Lipinski definition) is 0. The summed E-state index contributed by atoms with van der Waals surface area (Å²) in [5.41, 5.74) is 2.37. The van der Waals surface area contributed by atoms with Gasteiger partial charge in [0.25, 0.3) is 5.56 Å². The summed E-state index contributed by atoms with van der Waals surface area (Å²) < 4.78 is 1.35. The molecule has 0 fully saturated rings. The third kappa shape index (κ3) is 2.91. The molecule has 1 aromatic carbocycles. The Morgan fingerprint density at radius 2 is 2.14 bits per heavy atom. The first-order valence-corrected chi connectivity index (χ1v) is 8.02. The van der Waals surface area contributed by atoms with Crippen LogP contribution in [0.3, 0.4) is 0 Å². The minimum atomic E-state index is -0.356. The molecule has 0 radical (unpaired) electrons. The van der Waals surface area contributed by atoms with Crippen LogP contribution in [-0.4, -0.2) is 21.7 Å². The van der Waals surface area contributed by atoms with Gasteiger partial charge in [-0.1, -0.05) is 47.5 Å². The van der Waals surface area contributed by atoms with Crippen LogP contribution in [-0.2, 0) is 13.1 Å². The van der Waals surface area contributed by atoms with Gasteiger partial charge in [0, 0.05) is 6.04 Å². The molecule has 0 saturated heterocycles. The lowest BCUT2D eigenvalue weighted by Gasteiger charge is -2.33. The van der Waals surface area contributed by atoms with Crippen LogP contribution in [0.1, 0.15) is 30.0 Å². The summed E-state index contributed by atoms with van der Waals surface area (Å²) in [4.78, 5) is 14.2. The minimum absolute atomic E-state index is 0.0223. The number of halogens is 2. The van der Waals surface area contributed by atoms with Gasteiger partial charge >= 0.3 is 0 Å². The van der Waals surface area contributed by atoms with Crippen molar-refractivity contribution in [2.24, 2.45) is 0 Å². The van der Waals surface area contributed by atoms with Crippen molar-refractivity contribution in [2.75, 3.05) is 7.05 Å². The maximum atomic E-state index is 12.1. The first kappa shape index (κ1) is 15.5. The molecule has 1 aliphatic carbocycles.